The topological polar surface area (TPSA) is 38.0 Å². The average Bonchev–Trinajstić information content (AvgIpc) is 2.42. The second kappa shape index (κ2) is 6.40. The van der Waals surface area contributed by atoms with Gasteiger partial charge >= 0.3 is 0 Å². The van der Waals surface area contributed by atoms with Gasteiger partial charge in [-0.1, -0.05) is 47.5 Å². The molecule has 0 saturated heterocycles. The van der Waals surface area contributed by atoms with Crippen molar-refractivity contribution < 1.29 is 0 Å². The van der Waals surface area contributed by atoms with Gasteiger partial charge in [0, 0.05) is 10.0 Å². The van der Waals surface area contributed by atoms with Crippen LogP contribution in [0.25, 0.3) is 0 Å². The lowest BCUT2D eigenvalue weighted by atomic mass is 9.96. The fourth-order valence-electron chi connectivity index (χ4n) is 2.12. The van der Waals surface area contributed by atoms with Gasteiger partial charge in [-0.2, -0.15) is 0 Å². The highest BCUT2D eigenvalue weighted by Crippen LogP contribution is 2.26. The number of halogens is 2. The molecule has 100 valence electrons. The summed E-state index contributed by atoms with van der Waals surface area (Å²) in [6.07, 6.45) is 0.787. The second-order valence-corrected chi connectivity index (χ2v) is 5.35. The Hall–Kier alpha value is -1.06. The number of hydrazine groups is 1. The average molecular weight is 295 g/mol. The Morgan fingerprint density at radius 1 is 1.11 bits per heavy atom. The quantitative estimate of drug-likeness (QED) is 0.659. The van der Waals surface area contributed by atoms with Gasteiger partial charge in [0.2, 0.25) is 0 Å². The highest BCUT2D eigenvalue weighted by atomic mass is 35.5. The van der Waals surface area contributed by atoms with Crippen LogP contribution in [0, 0.1) is 6.92 Å². The van der Waals surface area contributed by atoms with Gasteiger partial charge < -0.3 is 0 Å². The summed E-state index contributed by atoms with van der Waals surface area (Å²) >= 11 is 12.0. The normalized spacial score (nSPS) is 12.4. The Labute approximate surface area is 123 Å². The summed E-state index contributed by atoms with van der Waals surface area (Å²) in [5.74, 6) is 5.68. The van der Waals surface area contributed by atoms with Crippen molar-refractivity contribution in [2.24, 2.45) is 5.84 Å². The summed E-state index contributed by atoms with van der Waals surface area (Å²) < 4.78 is 0. The molecule has 0 spiro atoms. The maximum absolute atomic E-state index is 6.15. The minimum atomic E-state index is 0.0277. The second-order valence-electron chi connectivity index (χ2n) is 4.50. The highest BCUT2D eigenvalue weighted by Gasteiger charge is 2.14. The number of hydrogen-bond donors (Lipinski definition) is 2. The first-order valence-corrected chi connectivity index (χ1v) is 6.83. The fourth-order valence-corrected chi connectivity index (χ4v) is 2.42. The van der Waals surface area contributed by atoms with Crippen molar-refractivity contribution in [3.63, 3.8) is 0 Å². The molecule has 3 N–H and O–H groups in total. The van der Waals surface area contributed by atoms with Crippen molar-refractivity contribution in [2.75, 3.05) is 0 Å². The first kappa shape index (κ1) is 14.4. The molecule has 4 heteroatoms. The van der Waals surface area contributed by atoms with Gasteiger partial charge in [-0.15, -0.1) is 0 Å². The number of nitrogens with one attached hydrogen (secondary N) is 1. The van der Waals surface area contributed by atoms with Crippen molar-refractivity contribution in [3.8, 4) is 0 Å². The third-order valence-electron chi connectivity index (χ3n) is 3.24. The van der Waals surface area contributed by atoms with E-state index in [1.54, 1.807) is 0 Å². The highest BCUT2D eigenvalue weighted by molar-refractivity contribution is 6.31. The summed E-state index contributed by atoms with van der Waals surface area (Å²) in [6, 6.07) is 13.7. The van der Waals surface area contributed by atoms with E-state index in [9.17, 15) is 0 Å². The van der Waals surface area contributed by atoms with Gasteiger partial charge in [-0.3, -0.25) is 11.3 Å². The molecule has 2 aromatic rings. The Bertz CT molecular complexity index is 553. The van der Waals surface area contributed by atoms with Gasteiger partial charge in [0.15, 0.2) is 0 Å². The first-order chi connectivity index (χ1) is 9.11. The summed E-state index contributed by atoms with van der Waals surface area (Å²) in [7, 11) is 0. The molecule has 0 saturated carbocycles. The lowest BCUT2D eigenvalue weighted by Gasteiger charge is -2.19. The van der Waals surface area contributed by atoms with Crippen LogP contribution in [0.1, 0.15) is 22.7 Å². The van der Waals surface area contributed by atoms with E-state index in [0.717, 1.165) is 27.6 Å². The third kappa shape index (κ3) is 3.48. The van der Waals surface area contributed by atoms with Crippen LogP contribution in [0.4, 0.5) is 0 Å². The van der Waals surface area contributed by atoms with Gasteiger partial charge in [-0.05, 0) is 48.2 Å². The van der Waals surface area contributed by atoms with Crippen LogP contribution in [-0.2, 0) is 6.42 Å². The van der Waals surface area contributed by atoms with E-state index in [1.165, 1.54) is 5.56 Å². The van der Waals surface area contributed by atoms with E-state index in [2.05, 4.69) is 5.43 Å². The van der Waals surface area contributed by atoms with E-state index in [-0.39, 0.29) is 6.04 Å². The molecule has 2 nitrogen and oxygen atoms in total. The summed E-state index contributed by atoms with van der Waals surface area (Å²) in [4.78, 5) is 0. The van der Waals surface area contributed by atoms with Crippen LogP contribution in [0.3, 0.4) is 0 Å². The molecular weight excluding hydrogens is 279 g/mol. The zero-order chi connectivity index (χ0) is 13.8. The third-order valence-corrected chi connectivity index (χ3v) is 3.90. The molecule has 0 aromatic heterocycles. The van der Waals surface area contributed by atoms with E-state index < -0.39 is 0 Å². The monoisotopic (exact) mass is 294 g/mol. The molecule has 0 fully saturated rings. The standard InChI is InChI=1S/C15H16Cl2N2/c1-10-13(3-2-4-14(10)17)15(19-18)9-11-5-7-12(16)8-6-11/h2-8,15,19H,9,18H2,1H3. The molecular formula is C15H16Cl2N2. The van der Waals surface area contributed by atoms with Crippen LogP contribution >= 0.6 is 23.2 Å². The zero-order valence-corrected chi connectivity index (χ0v) is 12.2. The summed E-state index contributed by atoms with van der Waals surface area (Å²) in [5.41, 5.74) is 6.20. The molecule has 0 aliphatic heterocycles. The van der Waals surface area contributed by atoms with Crippen molar-refractivity contribution >= 4 is 23.2 Å². The molecule has 1 unspecified atom stereocenters. The predicted octanol–water partition coefficient (Wildman–Crippen LogP) is 4.05. The van der Waals surface area contributed by atoms with E-state index >= 15 is 0 Å². The minimum Gasteiger partial charge on any atom is -0.271 e. The number of rotatable bonds is 4. The molecule has 2 rings (SSSR count). The first-order valence-electron chi connectivity index (χ1n) is 6.07. The van der Waals surface area contributed by atoms with E-state index in [1.807, 2.05) is 49.4 Å². The van der Waals surface area contributed by atoms with Crippen LogP contribution in [0.2, 0.25) is 10.0 Å². The van der Waals surface area contributed by atoms with Crippen LogP contribution in [-0.4, -0.2) is 0 Å². The Balaban J connectivity index is 2.25. The minimum absolute atomic E-state index is 0.0277. The molecule has 0 amide bonds. The molecule has 0 aliphatic carbocycles. The van der Waals surface area contributed by atoms with Gasteiger partial charge in [0.05, 0.1) is 6.04 Å². The Morgan fingerprint density at radius 2 is 1.79 bits per heavy atom. The SMILES string of the molecule is Cc1c(Cl)cccc1C(Cc1ccc(Cl)cc1)NN. The maximum Gasteiger partial charge on any atom is 0.0503 e. The summed E-state index contributed by atoms with van der Waals surface area (Å²) in [5, 5.41) is 1.49. The maximum atomic E-state index is 6.15. The number of nitrogens with two attached hydrogens (primary N) is 1. The fraction of sp³-hybridized carbons (Fsp3) is 0.200. The number of hydrogen-bond acceptors (Lipinski definition) is 2. The predicted molar refractivity (Wildman–Crippen MR) is 81.4 cm³/mol. The van der Waals surface area contributed by atoms with E-state index in [0.29, 0.717) is 0 Å². The van der Waals surface area contributed by atoms with Crippen LogP contribution < -0.4 is 11.3 Å². The van der Waals surface area contributed by atoms with Crippen molar-refractivity contribution in [2.45, 2.75) is 19.4 Å². The molecule has 19 heavy (non-hydrogen) atoms. The smallest absolute Gasteiger partial charge is 0.0503 e. The van der Waals surface area contributed by atoms with Gasteiger partial charge in [0.25, 0.3) is 0 Å². The Morgan fingerprint density at radius 3 is 2.42 bits per heavy atom. The molecule has 1 atom stereocenters. The van der Waals surface area contributed by atoms with Crippen molar-refractivity contribution in [1.29, 1.82) is 0 Å². The van der Waals surface area contributed by atoms with Crippen LogP contribution in [0.15, 0.2) is 42.5 Å². The van der Waals surface area contributed by atoms with Gasteiger partial charge in [0.1, 0.15) is 0 Å². The number of benzene rings is 2. The Kier molecular flexibility index (Phi) is 4.83. The zero-order valence-electron chi connectivity index (χ0n) is 10.7. The van der Waals surface area contributed by atoms with Crippen molar-refractivity contribution in [3.05, 3.63) is 69.2 Å². The summed E-state index contributed by atoms with van der Waals surface area (Å²) in [6.45, 7) is 2.00. The van der Waals surface area contributed by atoms with Crippen molar-refractivity contribution in [1.82, 2.24) is 5.43 Å². The van der Waals surface area contributed by atoms with E-state index in [4.69, 9.17) is 29.0 Å². The molecule has 0 aliphatic rings. The van der Waals surface area contributed by atoms with Gasteiger partial charge in [-0.25, -0.2) is 0 Å². The lowest BCUT2D eigenvalue weighted by Crippen LogP contribution is -2.30. The molecule has 2 aromatic carbocycles. The lowest BCUT2D eigenvalue weighted by molar-refractivity contribution is 0.549. The largest absolute Gasteiger partial charge is 0.271 e. The van der Waals surface area contributed by atoms with Crippen LogP contribution in [0.5, 0.6) is 0 Å². The molecule has 0 bridgehead atoms. The molecule has 0 heterocycles. The molecule has 0 radical (unpaired) electrons.